The molecule has 0 aliphatic heterocycles. The van der Waals surface area contributed by atoms with Crippen LogP contribution in [0.1, 0.15) is 13.3 Å². The van der Waals surface area contributed by atoms with E-state index in [4.69, 9.17) is 0 Å². The van der Waals surface area contributed by atoms with Crippen LogP contribution in [0.5, 0.6) is 0 Å². The zero-order chi connectivity index (χ0) is 7.23. The summed E-state index contributed by atoms with van der Waals surface area (Å²) in [5, 5.41) is 0. The molecule has 0 N–H and O–H groups in total. The standard InChI is InChI=1S/C10H10/c1-2-3-7-10-8-5-4-6-9-10/h2-5,7H,8H2,1H3/b3-2-,10-7+. The Bertz CT molecular complexity index is 241. The number of hydrogen-bond donors (Lipinski definition) is 0. The van der Waals surface area contributed by atoms with Crippen LogP contribution in [-0.2, 0) is 0 Å². The van der Waals surface area contributed by atoms with Gasteiger partial charge in [-0.15, -0.1) is 0 Å². The van der Waals surface area contributed by atoms with Gasteiger partial charge in [-0.1, -0.05) is 36.1 Å². The van der Waals surface area contributed by atoms with Crippen molar-refractivity contribution in [3.05, 3.63) is 36.0 Å². The molecule has 1 aliphatic rings. The molecule has 0 saturated carbocycles. The van der Waals surface area contributed by atoms with Gasteiger partial charge in [-0.05, 0) is 19.4 Å². The Kier molecular flexibility index (Phi) is 2.58. The van der Waals surface area contributed by atoms with Crippen LogP contribution in [0.4, 0.5) is 0 Å². The van der Waals surface area contributed by atoms with E-state index in [0.717, 1.165) is 6.42 Å². The van der Waals surface area contributed by atoms with Crippen LogP contribution in [0.2, 0.25) is 0 Å². The number of hydrogen-bond acceptors (Lipinski definition) is 0. The smallest absolute Gasteiger partial charge is 0.00617 e. The average Bonchev–Trinajstić information content (AvgIpc) is 2.03. The highest BCUT2D eigenvalue weighted by Crippen LogP contribution is 2.04. The minimum absolute atomic E-state index is 0.983. The van der Waals surface area contributed by atoms with E-state index in [-0.39, 0.29) is 0 Å². The van der Waals surface area contributed by atoms with Crippen LogP contribution in [0.3, 0.4) is 0 Å². The summed E-state index contributed by atoms with van der Waals surface area (Å²) >= 11 is 0. The normalized spacial score (nSPS) is 19.5. The van der Waals surface area contributed by atoms with Gasteiger partial charge in [0.15, 0.2) is 0 Å². The summed E-state index contributed by atoms with van der Waals surface area (Å²) in [5.74, 6) is 5.94. The molecule has 1 rings (SSSR count). The molecule has 0 heterocycles. The molecule has 0 radical (unpaired) electrons. The second-order valence-corrected chi connectivity index (χ2v) is 2.09. The maximum atomic E-state index is 3.03. The van der Waals surface area contributed by atoms with Crippen molar-refractivity contribution in [1.29, 1.82) is 0 Å². The summed E-state index contributed by atoms with van der Waals surface area (Å²) < 4.78 is 0. The van der Waals surface area contributed by atoms with Crippen LogP contribution in [0, 0.1) is 11.8 Å². The quantitative estimate of drug-likeness (QED) is 0.478. The van der Waals surface area contributed by atoms with Gasteiger partial charge < -0.3 is 0 Å². The van der Waals surface area contributed by atoms with Gasteiger partial charge in [0.05, 0.1) is 0 Å². The Balaban J connectivity index is 2.64. The first-order valence-electron chi connectivity index (χ1n) is 3.42. The summed E-state index contributed by atoms with van der Waals surface area (Å²) in [5.41, 5.74) is 1.20. The summed E-state index contributed by atoms with van der Waals surface area (Å²) in [6.45, 7) is 2.00. The molecule has 0 atom stereocenters. The van der Waals surface area contributed by atoms with E-state index in [2.05, 4.69) is 24.0 Å². The lowest BCUT2D eigenvalue weighted by Crippen LogP contribution is -1.78. The number of allylic oxidation sites excluding steroid dienone is 6. The maximum absolute atomic E-state index is 3.03. The minimum Gasteiger partial charge on any atom is -0.0876 e. The molecule has 0 aromatic rings. The predicted molar refractivity (Wildman–Crippen MR) is 44.4 cm³/mol. The molecule has 50 valence electrons. The van der Waals surface area contributed by atoms with E-state index in [1.54, 1.807) is 0 Å². The third-order valence-electron chi connectivity index (χ3n) is 1.26. The Morgan fingerprint density at radius 1 is 1.60 bits per heavy atom. The molecule has 0 unspecified atom stereocenters. The molecular formula is C10H10. The van der Waals surface area contributed by atoms with Crippen LogP contribution >= 0.6 is 0 Å². The lowest BCUT2D eigenvalue weighted by molar-refractivity contribution is 1.30. The second kappa shape index (κ2) is 3.74. The fourth-order valence-corrected chi connectivity index (χ4v) is 0.752. The molecule has 0 saturated heterocycles. The lowest BCUT2D eigenvalue weighted by Gasteiger charge is -1.93. The highest BCUT2D eigenvalue weighted by molar-refractivity contribution is 5.40. The van der Waals surface area contributed by atoms with Crippen molar-refractivity contribution < 1.29 is 0 Å². The lowest BCUT2D eigenvalue weighted by atomic mass is 10.1. The maximum Gasteiger partial charge on any atom is 0.00617 e. The topological polar surface area (TPSA) is 0 Å². The number of rotatable bonds is 1. The van der Waals surface area contributed by atoms with Crippen LogP contribution in [-0.4, -0.2) is 0 Å². The average molecular weight is 130 g/mol. The third kappa shape index (κ3) is 1.95. The van der Waals surface area contributed by atoms with Crippen molar-refractivity contribution in [3.63, 3.8) is 0 Å². The second-order valence-electron chi connectivity index (χ2n) is 2.09. The zero-order valence-corrected chi connectivity index (χ0v) is 6.09. The fourth-order valence-electron chi connectivity index (χ4n) is 0.752. The van der Waals surface area contributed by atoms with Gasteiger partial charge in [0.25, 0.3) is 0 Å². The Hall–Kier alpha value is -1.22. The van der Waals surface area contributed by atoms with Crippen molar-refractivity contribution in [3.8, 4) is 11.8 Å². The molecule has 0 spiro atoms. The Morgan fingerprint density at radius 2 is 2.50 bits per heavy atom. The molecule has 0 bridgehead atoms. The van der Waals surface area contributed by atoms with Crippen molar-refractivity contribution >= 4 is 0 Å². The summed E-state index contributed by atoms with van der Waals surface area (Å²) in [7, 11) is 0. The van der Waals surface area contributed by atoms with Crippen LogP contribution in [0.15, 0.2) is 36.0 Å². The minimum atomic E-state index is 0.983. The van der Waals surface area contributed by atoms with Gasteiger partial charge in [-0.2, -0.15) is 0 Å². The van der Waals surface area contributed by atoms with Crippen molar-refractivity contribution in [1.82, 2.24) is 0 Å². The first-order valence-corrected chi connectivity index (χ1v) is 3.42. The van der Waals surface area contributed by atoms with Gasteiger partial charge in [0.2, 0.25) is 0 Å². The van der Waals surface area contributed by atoms with Gasteiger partial charge in [0, 0.05) is 5.57 Å². The molecular weight excluding hydrogens is 120 g/mol. The summed E-state index contributed by atoms with van der Waals surface area (Å²) in [4.78, 5) is 0. The zero-order valence-electron chi connectivity index (χ0n) is 6.09. The molecule has 10 heavy (non-hydrogen) atoms. The fraction of sp³-hybridized carbons (Fsp3) is 0.200. The first-order chi connectivity index (χ1) is 4.93. The van der Waals surface area contributed by atoms with Gasteiger partial charge in [0.1, 0.15) is 0 Å². The molecule has 0 nitrogen and oxygen atoms in total. The predicted octanol–water partition coefficient (Wildman–Crippen LogP) is 2.45. The van der Waals surface area contributed by atoms with Crippen molar-refractivity contribution in [2.75, 3.05) is 0 Å². The van der Waals surface area contributed by atoms with E-state index < -0.39 is 0 Å². The van der Waals surface area contributed by atoms with Crippen LogP contribution in [0.25, 0.3) is 0 Å². The van der Waals surface area contributed by atoms with E-state index in [1.165, 1.54) is 5.57 Å². The molecule has 0 aromatic heterocycles. The largest absolute Gasteiger partial charge is 0.0876 e. The van der Waals surface area contributed by atoms with Crippen LogP contribution < -0.4 is 0 Å². The van der Waals surface area contributed by atoms with E-state index in [1.807, 2.05) is 25.2 Å². The Labute approximate surface area is 61.9 Å². The Morgan fingerprint density at radius 3 is 3.10 bits per heavy atom. The molecule has 0 amide bonds. The molecule has 0 fully saturated rings. The highest BCUT2D eigenvalue weighted by Gasteiger charge is 1.88. The summed E-state index contributed by atoms with van der Waals surface area (Å²) in [6.07, 6.45) is 11.0. The van der Waals surface area contributed by atoms with E-state index >= 15 is 0 Å². The highest BCUT2D eigenvalue weighted by atomic mass is 13.9. The first kappa shape index (κ1) is 6.89. The van der Waals surface area contributed by atoms with Gasteiger partial charge in [-0.3, -0.25) is 0 Å². The third-order valence-corrected chi connectivity index (χ3v) is 1.26. The van der Waals surface area contributed by atoms with Crippen molar-refractivity contribution in [2.45, 2.75) is 13.3 Å². The molecule has 0 heteroatoms. The van der Waals surface area contributed by atoms with E-state index in [9.17, 15) is 0 Å². The molecule has 1 aliphatic carbocycles. The monoisotopic (exact) mass is 130 g/mol. The molecule has 0 aromatic carbocycles. The summed E-state index contributed by atoms with van der Waals surface area (Å²) in [6, 6.07) is 0. The SMILES string of the molecule is C/C=C\C=C1\C#CC=CC1. The van der Waals surface area contributed by atoms with Crippen molar-refractivity contribution in [2.24, 2.45) is 0 Å². The van der Waals surface area contributed by atoms with Gasteiger partial charge in [-0.25, -0.2) is 0 Å². The van der Waals surface area contributed by atoms with Gasteiger partial charge >= 0.3 is 0 Å². The van der Waals surface area contributed by atoms with E-state index in [0.29, 0.717) is 0 Å².